The van der Waals surface area contributed by atoms with Crippen molar-refractivity contribution in [2.24, 2.45) is 0 Å². The van der Waals surface area contributed by atoms with E-state index >= 15 is 0 Å². The van der Waals surface area contributed by atoms with Gasteiger partial charge in [-0.05, 0) is 30.5 Å². The van der Waals surface area contributed by atoms with Crippen molar-refractivity contribution in [3.63, 3.8) is 0 Å². The Labute approximate surface area is 121 Å². The van der Waals surface area contributed by atoms with Gasteiger partial charge in [0.1, 0.15) is 5.82 Å². The average molecular weight is 276 g/mol. The van der Waals surface area contributed by atoms with Crippen LogP contribution in [0, 0.1) is 0 Å². The van der Waals surface area contributed by atoms with E-state index in [1.165, 1.54) is 0 Å². The number of anilines is 1. The van der Waals surface area contributed by atoms with E-state index in [0.717, 1.165) is 24.2 Å². The third kappa shape index (κ3) is 5.30. The summed E-state index contributed by atoms with van der Waals surface area (Å²) >= 11 is 0. The van der Waals surface area contributed by atoms with Gasteiger partial charge in [-0.25, -0.2) is 9.78 Å². The SMILES string of the molecule is C=CC[C@@H](CC)NC(=O)NCc1ccnc(N(C)C)c1. The van der Waals surface area contributed by atoms with E-state index in [-0.39, 0.29) is 12.1 Å². The zero-order valence-corrected chi connectivity index (χ0v) is 12.5. The van der Waals surface area contributed by atoms with Crippen LogP contribution in [0.1, 0.15) is 25.3 Å². The molecule has 0 fully saturated rings. The molecule has 0 radical (unpaired) electrons. The minimum Gasteiger partial charge on any atom is -0.363 e. The molecule has 0 bridgehead atoms. The van der Waals surface area contributed by atoms with Gasteiger partial charge >= 0.3 is 6.03 Å². The van der Waals surface area contributed by atoms with Crippen molar-refractivity contribution in [1.82, 2.24) is 15.6 Å². The Morgan fingerprint density at radius 2 is 2.30 bits per heavy atom. The van der Waals surface area contributed by atoms with Crippen LogP contribution in [0.15, 0.2) is 31.0 Å². The molecule has 0 aliphatic carbocycles. The van der Waals surface area contributed by atoms with Crippen LogP contribution in [0.25, 0.3) is 0 Å². The van der Waals surface area contributed by atoms with E-state index in [4.69, 9.17) is 0 Å². The van der Waals surface area contributed by atoms with Gasteiger partial charge in [-0.15, -0.1) is 6.58 Å². The number of aromatic nitrogens is 1. The molecule has 20 heavy (non-hydrogen) atoms. The molecule has 1 heterocycles. The summed E-state index contributed by atoms with van der Waals surface area (Å²) in [6.07, 6.45) is 5.24. The van der Waals surface area contributed by atoms with Gasteiger partial charge in [0.25, 0.3) is 0 Å². The molecule has 110 valence electrons. The van der Waals surface area contributed by atoms with Crippen LogP contribution in [0.5, 0.6) is 0 Å². The topological polar surface area (TPSA) is 57.3 Å². The van der Waals surface area contributed by atoms with Crippen LogP contribution in [-0.4, -0.2) is 31.2 Å². The summed E-state index contributed by atoms with van der Waals surface area (Å²) in [5.74, 6) is 0.878. The minimum atomic E-state index is -0.151. The van der Waals surface area contributed by atoms with Crippen molar-refractivity contribution in [3.05, 3.63) is 36.5 Å². The predicted molar refractivity (Wildman–Crippen MR) is 82.8 cm³/mol. The molecule has 2 N–H and O–H groups in total. The molecule has 0 aliphatic rings. The Morgan fingerprint density at radius 1 is 1.55 bits per heavy atom. The Balaban J connectivity index is 2.48. The summed E-state index contributed by atoms with van der Waals surface area (Å²) < 4.78 is 0. The number of hydrogen-bond donors (Lipinski definition) is 2. The number of rotatable bonds is 7. The maximum absolute atomic E-state index is 11.8. The number of carbonyl (C=O) groups excluding carboxylic acids is 1. The molecule has 2 amide bonds. The summed E-state index contributed by atoms with van der Waals surface area (Å²) in [5, 5.41) is 5.79. The van der Waals surface area contributed by atoms with E-state index in [0.29, 0.717) is 6.54 Å². The molecular weight excluding hydrogens is 252 g/mol. The normalized spacial score (nSPS) is 11.6. The van der Waals surface area contributed by atoms with Gasteiger partial charge in [-0.2, -0.15) is 0 Å². The van der Waals surface area contributed by atoms with E-state index in [9.17, 15) is 4.79 Å². The first-order valence-electron chi connectivity index (χ1n) is 6.84. The van der Waals surface area contributed by atoms with Crippen LogP contribution in [0.2, 0.25) is 0 Å². The van der Waals surface area contributed by atoms with E-state index < -0.39 is 0 Å². The third-order valence-electron chi connectivity index (χ3n) is 3.00. The highest BCUT2D eigenvalue weighted by Gasteiger charge is 2.08. The van der Waals surface area contributed by atoms with Crippen LogP contribution >= 0.6 is 0 Å². The lowest BCUT2D eigenvalue weighted by Gasteiger charge is -2.16. The summed E-state index contributed by atoms with van der Waals surface area (Å²) in [4.78, 5) is 18.0. The van der Waals surface area contributed by atoms with Gasteiger partial charge in [0.15, 0.2) is 0 Å². The van der Waals surface area contributed by atoms with Crippen molar-refractivity contribution in [2.75, 3.05) is 19.0 Å². The van der Waals surface area contributed by atoms with Crippen LogP contribution < -0.4 is 15.5 Å². The Kier molecular flexibility index (Phi) is 6.56. The minimum absolute atomic E-state index is 0.141. The lowest BCUT2D eigenvalue weighted by molar-refractivity contribution is 0.236. The highest BCUT2D eigenvalue weighted by Crippen LogP contribution is 2.09. The summed E-state index contributed by atoms with van der Waals surface area (Å²) in [6, 6.07) is 3.85. The smallest absolute Gasteiger partial charge is 0.315 e. The summed E-state index contributed by atoms with van der Waals surface area (Å²) in [6.45, 7) is 6.22. The molecular formula is C15H24N4O. The van der Waals surface area contributed by atoms with Crippen LogP contribution in [0.3, 0.4) is 0 Å². The number of pyridine rings is 1. The van der Waals surface area contributed by atoms with Gasteiger partial charge in [-0.3, -0.25) is 0 Å². The highest BCUT2D eigenvalue weighted by atomic mass is 16.2. The van der Waals surface area contributed by atoms with E-state index in [2.05, 4.69) is 22.2 Å². The van der Waals surface area contributed by atoms with Crippen molar-refractivity contribution < 1.29 is 4.79 Å². The fraction of sp³-hybridized carbons (Fsp3) is 0.467. The van der Waals surface area contributed by atoms with Gasteiger partial charge < -0.3 is 15.5 Å². The number of hydrogen-bond acceptors (Lipinski definition) is 3. The maximum Gasteiger partial charge on any atom is 0.315 e. The quantitative estimate of drug-likeness (QED) is 0.751. The van der Waals surface area contributed by atoms with Crippen LogP contribution in [-0.2, 0) is 6.54 Å². The Hall–Kier alpha value is -2.04. The first kappa shape index (κ1) is 16.0. The molecule has 0 aromatic carbocycles. The second-order valence-corrected chi connectivity index (χ2v) is 4.87. The van der Waals surface area contributed by atoms with E-state index in [1.54, 1.807) is 6.20 Å². The van der Waals surface area contributed by atoms with Gasteiger partial charge in [0.05, 0.1) is 0 Å². The molecule has 0 aliphatic heterocycles. The Morgan fingerprint density at radius 3 is 2.90 bits per heavy atom. The van der Waals surface area contributed by atoms with Crippen LogP contribution in [0.4, 0.5) is 10.6 Å². The first-order chi connectivity index (χ1) is 9.56. The van der Waals surface area contributed by atoms with Gasteiger partial charge in [-0.1, -0.05) is 13.0 Å². The highest BCUT2D eigenvalue weighted by molar-refractivity contribution is 5.74. The van der Waals surface area contributed by atoms with Crippen molar-refractivity contribution in [2.45, 2.75) is 32.4 Å². The number of carbonyl (C=O) groups is 1. The van der Waals surface area contributed by atoms with Crippen molar-refractivity contribution >= 4 is 11.8 Å². The number of nitrogens with zero attached hydrogens (tertiary/aromatic N) is 2. The Bertz CT molecular complexity index is 445. The van der Waals surface area contributed by atoms with Crippen molar-refractivity contribution in [1.29, 1.82) is 0 Å². The predicted octanol–water partition coefficient (Wildman–Crippen LogP) is 2.30. The summed E-state index contributed by atoms with van der Waals surface area (Å²) in [7, 11) is 3.88. The third-order valence-corrected chi connectivity index (χ3v) is 3.00. The maximum atomic E-state index is 11.8. The molecule has 0 unspecified atom stereocenters. The zero-order chi connectivity index (χ0) is 15.0. The standard InChI is InChI=1S/C15H24N4O/c1-5-7-13(6-2)18-15(20)17-11-12-8-9-16-14(10-12)19(3)4/h5,8-10,13H,1,6-7,11H2,2-4H3,(H2,17,18,20)/t13-/m1/s1. The molecule has 0 saturated heterocycles. The summed E-state index contributed by atoms with van der Waals surface area (Å²) in [5.41, 5.74) is 1.02. The van der Waals surface area contributed by atoms with Crippen molar-refractivity contribution in [3.8, 4) is 0 Å². The van der Waals surface area contributed by atoms with Gasteiger partial charge in [0.2, 0.25) is 0 Å². The van der Waals surface area contributed by atoms with Gasteiger partial charge in [0, 0.05) is 32.9 Å². The second-order valence-electron chi connectivity index (χ2n) is 4.87. The lowest BCUT2D eigenvalue weighted by atomic mass is 10.1. The zero-order valence-electron chi connectivity index (χ0n) is 12.5. The monoisotopic (exact) mass is 276 g/mol. The molecule has 0 saturated carbocycles. The first-order valence-corrected chi connectivity index (χ1v) is 6.84. The molecule has 1 rings (SSSR count). The fourth-order valence-electron chi connectivity index (χ4n) is 1.76. The number of amides is 2. The molecule has 1 aromatic rings. The number of nitrogens with one attached hydrogen (secondary N) is 2. The largest absolute Gasteiger partial charge is 0.363 e. The lowest BCUT2D eigenvalue weighted by Crippen LogP contribution is -2.41. The fourth-order valence-corrected chi connectivity index (χ4v) is 1.76. The molecule has 1 aromatic heterocycles. The van der Waals surface area contributed by atoms with E-state index in [1.807, 2.05) is 44.1 Å². The molecule has 5 heteroatoms. The molecule has 1 atom stereocenters. The second kappa shape index (κ2) is 8.19. The number of urea groups is 1. The average Bonchev–Trinajstić information content (AvgIpc) is 2.45. The molecule has 0 spiro atoms. The molecule has 5 nitrogen and oxygen atoms in total.